The molecule has 0 aliphatic carbocycles. The number of hydrogen-bond acceptors (Lipinski definition) is 2. The van der Waals surface area contributed by atoms with E-state index in [2.05, 4.69) is 12.2 Å². The third-order valence-electron chi connectivity index (χ3n) is 3.97. The summed E-state index contributed by atoms with van der Waals surface area (Å²) in [5, 5.41) is 11.8. The Hall–Kier alpha value is -1.26. The molecular weight excluding hydrogens is 244 g/mol. The molecule has 0 aromatic rings. The van der Waals surface area contributed by atoms with Gasteiger partial charge >= 0.3 is 12.0 Å². The van der Waals surface area contributed by atoms with Crippen molar-refractivity contribution in [3.63, 3.8) is 0 Å². The van der Waals surface area contributed by atoms with Crippen LogP contribution in [-0.4, -0.2) is 41.6 Å². The Morgan fingerprint density at radius 2 is 1.95 bits per heavy atom. The number of amides is 2. The minimum Gasteiger partial charge on any atom is -0.481 e. The van der Waals surface area contributed by atoms with Crippen molar-refractivity contribution in [2.45, 2.75) is 46.0 Å². The molecular formula is C14H26N2O3. The van der Waals surface area contributed by atoms with Gasteiger partial charge in [0.1, 0.15) is 0 Å². The smallest absolute Gasteiger partial charge is 0.317 e. The van der Waals surface area contributed by atoms with Crippen molar-refractivity contribution in [3.05, 3.63) is 0 Å². The maximum absolute atomic E-state index is 11.9. The number of piperidine rings is 1. The van der Waals surface area contributed by atoms with Gasteiger partial charge in [-0.3, -0.25) is 4.79 Å². The van der Waals surface area contributed by atoms with Crippen molar-refractivity contribution < 1.29 is 14.7 Å². The van der Waals surface area contributed by atoms with Crippen LogP contribution in [0.3, 0.4) is 0 Å². The van der Waals surface area contributed by atoms with Gasteiger partial charge in [-0.15, -0.1) is 0 Å². The number of hydrogen-bond donors (Lipinski definition) is 2. The number of rotatable bonds is 6. The molecule has 19 heavy (non-hydrogen) atoms. The van der Waals surface area contributed by atoms with Crippen LogP contribution in [0.15, 0.2) is 0 Å². The van der Waals surface area contributed by atoms with Crippen LogP contribution in [0, 0.1) is 11.8 Å². The summed E-state index contributed by atoms with van der Waals surface area (Å²) >= 11 is 0. The first-order valence-corrected chi connectivity index (χ1v) is 7.34. The standard InChI is InChI=1S/C14H26N2O3/c1-3-5-12(13(17)18)10-15-14(19)16-8-6-11(4-2)7-9-16/h11-12H,3-10H2,1-2H3,(H,15,19)(H,17,18). The van der Waals surface area contributed by atoms with Crippen molar-refractivity contribution in [2.24, 2.45) is 11.8 Å². The van der Waals surface area contributed by atoms with Crippen LogP contribution in [0.4, 0.5) is 4.79 Å². The van der Waals surface area contributed by atoms with Crippen molar-refractivity contribution >= 4 is 12.0 Å². The molecule has 0 aromatic carbocycles. The minimum atomic E-state index is -0.827. The second-order valence-corrected chi connectivity index (χ2v) is 5.35. The highest BCUT2D eigenvalue weighted by atomic mass is 16.4. The van der Waals surface area contributed by atoms with Crippen LogP contribution in [0.5, 0.6) is 0 Å². The van der Waals surface area contributed by atoms with Gasteiger partial charge in [-0.05, 0) is 25.2 Å². The molecule has 1 unspecified atom stereocenters. The Morgan fingerprint density at radius 3 is 2.42 bits per heavy atom. The average Bonchev–Trinajstić information content (AvgIpc) is 2.42. The molecule has 0 spiro atoms. The lowest BCUT2D eigenvalue weighted by Crippen LogP contribution is -2.46. The van der Waals surface area contributed by atoms with Crippen molar-refractivity contribution in [1.29, 1.82) is 0 Å². The number of nitrogens with one attached hydrogen (secondary N) is 1. The Balaban J connectivity index is 2.32. The molecule has 1 fully saturated rings. The van der Waals surface area contributed by atoms with Gasteiger partial charge in [-0.2, -0.15) is 0 Å². The maximum atomic E-state index is 11.9. The third kappa shape index (κ3) is 5.09. The molecule has 1 atom stereocenters. The molecule has 1 aliphatic heterocycles. The molecule has 1 heterocycles. The molecule has 1 rings (SSSR count). The van der Waals surface area contributed by atoms with Crippen LogP contribution in [-0.2, 0) is 4.79 Å². The van der Waals surface area contributed by atoms with E-state index in [1.54, 1.807) is 4.90 Å². The fourth-order valence-electron chi connectivity index (χ4n) is 2.53. The topological polar surface area (TPSA) is 69.6 Å². The van der Waals surface area contributed by atoms with E-state index in [9.17, 15) is 9.59 Å². The molecule has 1 aliphatic rings. The third-order valence-corrected chi connectivity index (χ3v) is 3.97. The Labute approximate surface area is 115 Å². The van der Waals surface area contributed by atoms with Gasteiger partial charge in [-0.25, -0.2) is 4.79 Å². The van der Waals surface area contributed by atoms with Gasteiger partial charge in [0.15, 0.2) is 0 Å². The second kappa shape index (κ2) is 8.02. The van der Waals surface area contributed by atoms with Gasteiger partial charge in [-0.1, -0.05) is 26.7 Å². The molecule has 110 valence electrons. The summed E-state index contributed by atoms with van der Waals surface area (Å²) in [6.45, 7) is 5.94. The predicted molar refractivity (Wildman–Crippen MR) is 74.0 cm³/mol. The monoisotopic (exact) mass is 270 g/mol. The molecule has 1 saturated heterocycles. The number of aliphatic carboxylic acids is 1. The number of likely N-dealkylation sites (tertiary alicyclic amines) is 1. The zero-order chi connectivity index (χ0) is 14.3. The normalized spacial score (nSPS) is 18.1. The summed E-state index contributed by atoms with van der Waals surface area (Å²) in [5.41, 5.74) is 0. The molecule has 0 saturated carbocycles. The van der Waals surface area contributed by atoms with Gasteiger partial charge in [0.05, 0.1) is 5.92 Å². The minimum absolute atomic E-state index is 0.114. The zero-order valence-corrected chi connectivity index (χ0v) is 12.0. The first kappa shape index (κ1) is 15.8. The van der Waals surface area contributed by atoms with Gasteiger partial charge in [0, 0.05) is 19.6 Å². The van der Waals surface area contributed by atoms with E-state index in [-0.39, 0.29) is 12.6 Å². The summed E-state index contributed by atoms with van der Waals surface area (Å²) in [4.78, 5) is 24.7. The van der Waals surface area contributed by atoms with Crippen LogP contribution in [0.1, 0.15) is 46.0 Å². The molecule has 2 amide bonds. The molecule has 0 bridgehead atoms. The van der Waals surface area contributed by atoms with E-state index in [1.165, 1.54) is 6.42 Å². The second-order valence-electron chi connectivity index (χ2n) is 5.35. The average molecular weight is 270 g/mol. The Bertz CT molecular complexity index is 299. The Morgan fingerprint density at radius 1 is 1.32 bits per heavy atom. The van der Waals surface area contributed by atoms with E-state index in [4.69, 9.17) is 5.11 Å². The lowest BCUT2D eigenvalue weighted by Gasteiger charge is -2.31. The molecule has 2 N–H and O–H groups in total. The van der Waals surface area contributed by atoms with Crippen molar-refractivity contribution in [1.82, 2.24) is 10.2 Å². The maximum Gasteiger partial charge on any atom is 0.317 e. The number of urea groups is 1. The van der Waals surface area contributed by atoms with Crippen LogP contribution in [0.2, 0.25) is 0 Å². The van der Waals surface area contributed by atoms with E-state index in [0.29, 0.717) is 6.42 Å². The predicted octanol–water partition coefficient (Wildman–Crippen LogP) is 2.32. The number of carbonyl (C=O) groups excluding carboxylic acids is 1. The molecule has 5 heteroatoms. The summed E-state index contributed by atoms with van der Waals surface area (Å²) in [5.74, 6) is -0.565. The molecule has 0 aromatic heterocycles. The van der Waals surface area contributed by atoms with Crippen LogP contribution >= 0.6 is 0 Å². The fraction of sp³-hybridized carbons (Fsp3) is 0.857. The Kier molecular flexibility index (Phi) is 6.67. The summed E-state index contributed by atoms with van der Waals surface area (Å²) < 4.78 is 0. The number of carboxylic acids is 1. The van der Waals surface area contributed by atoms with Gasteiger partial charge < -0.3 is 15.3 Å². The lowest BCUT2D eigenvalue weighted by atomic mass is 9.95. The van der Waals surface area contributed by atoms with Gasteiger partial charge in [0.2, 0.25) is 0 Å². The van der Waals surface area contributed by atoms with E-state index >= 15 is 0 Å². The molecule has 5 nitrogen and oxygen atoms in total. The first-order chi connectivity index (χ1) is 9.08. The quantitative estimate of drug-likeness (QED) is 0.778. The van der Waals surface area contributed by atoms with Crippen molar-refractivity contribution in [3.8, 4) is 0 Å². The van der Waals surface area contributed by atoms with Gasteiger partial charge in [0.25, 0.3) is 0 Å². The van der Waals surface area contributed by atoms with Crippen LogP contribution < -0.4 is 5.32 Å². The van der Waals surface area contributed by atoms with E-state index in [1.807, 2.05) is 6.92 Å². The SMILES string of the molecule is CCCC(CNC(=O)N1CCC(CC)CC1)C(=O)O. The highest BCUT2D eigenvalue weighted by Crippen LogP contribution is 2.19. The lowest BCUT2D eigenvalue weighted by molar-refractivity contribution is -0.141. The van der Waals surface area contributed by atoms with E-state index in [0.717, 1.165) is 38.3 Å². The number of carboxylic acid groups (broad SMARTS) is 1. The van der Waals surface area contributed by atoms with Crippen molar-refractivity contribution in [2.75, 3.05) is 19.6 Å². The fourth-order valence-corrected chi connectivity index (χ4v) is 2.53. The first-order valence-electron chi connectivity index (χ1n) is 7.34. The summed E-state index contributed by atoms with van der Waals surface area (Å²) in [6, 6.07) is -0.114. The number of nitrogens with zero attached hydrogens (tertiary/aromatic N) is 1. The summed E-state index contributed by atoms with van der Waals surface area (Å²) in [7, 11) is 0. The molecule has 0 radical (unpaired) electrons. The van der Waals surface area contributed by atoms with E-state index < -0.39 is 11.9 Å². The highest BCUT2D eigenvalue weighted by Gasteiger charge is 2.23. The number of carbonyl (C=O) groups is 2. The van der Waals surface area contributed by atoms with Crippen LogP contribution in [0.25, 0.3) is 0 Å². The summed E-state index contributed by atoms with van der Waals surface area (Å²) in [6.07, 6.45) is 4.71. The largest absolute Gasteiger partial charge is 0.481 e. The zero-order valence-electron chi connectivity index (χ0n) is 12.0. The highest BCUT2D eigenvalue weighted by molar-refractivity contribution is 5.76.